The Bertz CT molecular complexity index is 268. The molecule has 0 spiro atoms. The van der Waals surface area contributed by atoms with Crippen molar-refractivity contribution in [1.82, 2.24) is 0 Å². The Kier molecular flexibility index (Phi) is 7.29. The van der Waals surface area contributed by atoms with E-state index in [9.17, 15) is 4.79 Å². The Balaban J connectivity index is 4.81. The van der Waals surface area contributed by atoms with E-state index in [-0.39, 0.29) is 12.0 Å². The Labute approximate surface area is 96.9 Å². The van der Waals surface area contributed by atoms with Gasteiger partial charge in [0.1, 0.15) is 5.76 Å². The molecule has 0 rings (SSSR count). The van der Waals surface area contributed by atoms with Crippen molar-refractivity contribution in [3.63, 3.8) is 0 Å². The molecule has 0 aliphatic rings. The number of ether oxygens (including phenoxy) is 3. The highest BCUT2D eigenvalue weighted by molar-refractivity contribution is 5.82. The first-order valence-corrected chi connectivity index (χ1v) is 5.09. The van der Waals surface area contributed by atoms with Crippen LogP contribution >= 0.6 is 0 Å². The van der Waals surface area contributed by atoms with Crippen molar-refractivity contribution in [3.8, 4) is 0 Å². The molecule has 4 nitrogen and oxygen atoms in total. The van der Waals surface area contributed by atoms with Gasteiger partial charge < -0.3 is 14.2 Å². The van der Waals surface area contributed by atoms with Crippen molar-refractivity contribution >= 4 is 5.97 Å². The molecule has 2 unspecified atom stereocenters. The zero-order chi connectivity index (χ0) is 12.6. The van der Waals surface area contributed by atoms with Crippen LogP contribution in [0.15, 0.2) is 24.0 Å². The van der Waals surface area contributed by atoms with E-state index in [1.54, 1.807) is 7.11 Å². The van der Waals surface area contributed by atoms with Gasteiger partial charge in [0.2, 0.25) is 0 Å². The lowest BCUT2D eigenvalue weighted by Crippen LogP contribution is -2.21. The molecule has 0 saturated heterocycles. The fourth-order valence-electron chi connectivity index (χ4n) is 1.35. The Morgan fingerprint density at radius 1 is 1.19 bits per heavy atom. The maximum absolute atomic E-state index is 11.1. The molecule has 0 aliphatic heterocycles. The number of rotatable bonds is 6. The van der Waals surface area contributed by atoms with Gasteiger partial charge in [-0.1, -0.05) is 19.1 Å². The number of esters is 1. The number of methoxy groups -OCH3 is 3. The van der Waals surface area contributed by atoms with Crippen LogP contribution in [0, 0.1) is 5.92 Å². The van der Waals surface area contributed by atoms with Crippen molar-refractivity contribution in [2.24, 2.45) is 5.92 Å². The number of hydrogen-bond donors (Lipinski definition) is 0. The molecule has 0 heterocycles. The highest BCUT2D eigenvalue weighted by Crippen LogP contribution is 2.19. The number of allylic oxidation sites excluding steroid dienone is 1. The minimum atomic E-state index is -0.431. The van der Waals surface area contributed by atoms with E-state index in [4.69, 9.17) is 9.47 Å². The molecule has 0 saturated carbocycles. The second kappa shape index (κ2) is 7.93. The van der Waals surface area contributed by atoms with Gasteiger partial charge in [-0.2, -0.15) is 0 Å². The largest absolute Gasteiger partial charge is 0.500 e. The highest BCUT2D eigenvalue weighted by atomic mass is 16.5. The molecule has 0 aromatic heterocycles. The van der Waals surface area contributed by atoms with Gasteiger partial charge in [0, 0.05) is 13.0 Å². The Morgan fingerprint density at radius 3 is 2.19 bits per heavy atom. The van der Waals surface area contributed by atoms with Crippen molar-refractivity contribution in [3.05, 3.63) is 24.0 Å². The van der Waals surface area contributed by atoms with E-state index in [0.717, 1.165) is 0 Å². The standard InChI is InChI=1S/C12H20O4/c1-6-7-10(14-3)9(2)11(15-4)8-12(13)16-5/h6-10H,1-5H3/b7-6+,11-8+. The second-order valence-electron chi connectivity index (χ2n) is 3.29. The van der Waals surface area contributed by atoms with Gasteiger partial charge in [-0.3, -0.25) is 0 Å². The third-order valence-electron chi connectivity index (χ3n) is 2.29. The van der Waals surface area contributed by atoms with Crippen LogP contribution < -0.4 is 0 Å². The number of carbonyl (C=O) groups is 1. The van der Waals surface area contributed by atoms with Gasteiger partial charge in [-0.15, -0.1) is 0 Å². The van der Waals surface area contributed by atoms with Gasteiger partial charge in [-0.05, 0) is 6.92 Å². The number of hydrogen-bond acceptors (Lipinski definition) is 4. The summed E-state index contributed by atoms with van der Waals surface area (Å²) in [6, 6.07) is 0. The molecule has 4 heteroatoms. The molecule has 0 bridgehead atoms. The summed E-state index contributed by atoms with van der Waals surface area (Å²) in [6.07, 6.45) is 5.02. The first-order chi connectivity index (χ1) is 7.60. The zero-order valence-corrected chi connectivity index (χ0v) is 10.5. The maximum atomic E-state index is 11.1. The molecular formula is C12H20O4. The lowest BCUT2D eigenvalue weighted by molar-refractivity contribution is -0.135. The summed E-state index contributed by atoms with van der Waals surface area (Å²) >= 11 is 0. The fraction of sp³-hybridized carbons (Fsp3) is 0.583. The molecule has 0 amide bonds. The lowest BCUT2D eigenvalue weighted by atomic mass is 10.0. The molecule has 0 radical (unpaired) electrons. The van der Waals surface area contributed by atoms with Gasteiger partial charge in [0.15, 0.2) is 0 Å². The molecule has 2 atom stereocenters. The third-order valence-corrected chi connectivity index (χ3v) is 2.29. The molecule has 16 heavy (non-hydrogen) atoms. The van der Waals surface area contributed by atoms with Crippen molar-refractivity contribution in [1.29, 1.82) is 0 Å². The third kappa shape index (κ3) is 4.49. The summed E-state index contributed by atoms with van der Waals surface area (Å²) < 4.78 is 15.0. The smallest absolute Gasteiger partial charge is 0.333 e. The Morgan fingerprint density at radius 2 is 1.81 bits per heavy atom. The monoisotopic (exact) mass is 228 g/mol. The summed E-state index contributed by atoms with van der Waals surface area (Å²) in [7, 11) is 4.47. The lowest BCUT2D eigenvalue weighted by Gasteiger charge is -2.21. The van der Waals surface area contributed by atoms with Crippen molar-refractivity contribution in [2.45, 2.75) is 20.0 Å². The molecule has 0 N–H and O–H groups in total. The van der Waals surface area contributed by atoms with E-state index in [1.165, 1.54) is 20.3 Å². The van der Waals surface area contributed by atoms with Crippen LogP contribution in [0.3, 0.4) is 0 Å². The molecule has 92 valence electrons. The van der Waals surface area contributed by atoms with Crippen molar-refractivity contribution < 1.29 is 19.0 Å². The fourth-order valence-corrected chi connectivity index (χ4v) is 1.35. The summed E-state index contributed by atoms with van der Waals surface area (Å²) in [5, 5.41) is 0. The number of carbonyl (C=O) groups excluding carboxylic acids is 1. The van der Waals surface area contributed by atoms with E-state index in [2.05, 4.69) is 4.74 Å². The quantitative estimate of drug-likeness (QED) is 0.301. The van der Waals surface area contributed by atoms with E-state index < -0.39 is 5.97 Å². The van der Waals surface area contributed by atoms with E-state index >= 15 is 0 Å². The first kappa shape index (κ1) is 14.7. The van der Waals surface area contributed by atoms with Crippen LogP contribution in [0.5, 0.6) is 0 Å². The minimum absolute atomic E-state index is 0.0506. The van der Waals surface area contributed by atoms with Crippen LogP contribution in [0.2, 0.25) is 0 Å². The van der Waals surface area contributed by atoms with E-state index in [0.29, 0.717) is 5.76 Å². The van der Waals surface area contributed by atoms with Gasteiger partial charge in [-0.25, -0.2) is 4.79 Å². The van der Waals surface area contributed by atoms with Crippen LogP contribution in [0.1, 0.15) is 13.8 Å². The normalized spacial score (nSPS) is 15.9. The van der Waals surface area contributed by atoms with Gasteiger partial charge in [0.05, 0.1) is 26.4 Å². The van der Waals surface area contributed by atoms with Gasteiger partial charge in [0.25, 0.3) is 0 Å². The average Bonchev–Trinajstić information content (AvgIpc) is 2.31. The summed E-state index contributed by atoms with van der Waals surface area (Å²) in [4.78, 5) is 11.1. The van der Waals surface area contributed by atoms with Crippen LogP contribution in [-0.2, 0) is 19.0 Å². The predicted octanol–water partition coefficient (Wildman–Crippen LogP) is 1.92. The molecule has 0 fully saturated rings. The minimum Gasteiger partial charge on any atom is -0.500 e. The Hall–Kier alpha value is -1.29. The van der Waals surface area contributed by atoms with Crippen LogP contribution in [0.4, 0.5) is 0 Å². The predicted molar refractivity (Wildman–Crippen MR) is 61.9 cm³/mol. The molecular weight excluding hydrogens is 208 g/mol. The molecule has 0 aromatic carbocycles. The van der Waals surface area contributed by atoms with Gasteiger partial charge >= 0.3 is 5.97 Å². The summed E-state index contributed by atoms with van der Waals surface area (Å²) in [5.74, 6) is 0.0566. The van der Waals surface area contributed by atoms with Crippen LogP contribution in [0.25, 0.3) is 0 Å². The maximum Gasteiger partial charge on any atom is 0.333 e. The topological polar surface area (TPSA) is 44.8 Å². The average molecular weight is 228 g/mol. The zero-order valence-electron chi connectivity index (χ0n) is 10.5. The van der Waals surface area contributed by atoms with Crippen LogP contribution in [-0.4, -0.2) is 33.4 Å². The van der Waals surface area contributed by atoms with E-state index in [1.807, 2.05) is 26.0 Å². The molecule has 0 aliphatic carbocycles. The first-order valence-electron chi connectivity index (χ1n) is 5.09. The highest BCUT2D eigenvalue weighted by Gasteiger charge is 2.20. The second-order valence-corrected chi connectivity index (χ2v) is 3.29. The summed E-state index contributed by atoms with van der Waals surface area (Å²) in [5.41, 5.74) is 0. The summed E-state index contributed by atoms with van der Waals surface area (Å²) in [6.45, 7) is 3.83. The van der Waals surface area contributed by atoms with Crippen molar-refractivity contribution in [2.75, 3.05) is 21.3 Å². The molecule has 0 aromatic rings. The SMILES string of the molecule is C/C=C/C(OC)C(C)/C(=C\C(=O)OC)OC.